The zero-order chi connectivity index (χ0) is 15.6. The first kappa shape index (κ1) is 15.5. The molecule has 0 radical (unpaired) electrons. The highest BCUT2D eigenvalue weighted by atomic mass is 32.2. The Labute approximate surface area is 135 Å². The lowest BCUT2D eigenvalue weighted by Crippen LogP contribution is -2.36. The number of aromatic nitrogens is 1. The molecule has 1 N–H and O–H groups in total. The Morgan fingerprint density at radius 3 is 2.91 bits per heavy atom. The fourth-order valence-electron chi connectivity index (χ4n) is 2.58. The van der Waals surface area contributed by atoms with Crippen molar-refractivity contribution >= 4 is 27.2 Å². The lowest BCUT2D eigenvalue weighted by molar-refractivity contribution is 0.563. The lowest BCUT2D eigenvalue weighted by Gasteiger charge is -2.17. The van der Waals surface area contributed by atoms with Gasteiger partial charge in [-0.1, -0.05) is 13.0 Å². The van der Waals surface area contributed by atoms with Crippen LogP contribution in [0, 0.1) is 0 Å². The molecule has 2 aromatic rings. The third kappa shape index (κ3) is 3.31. The zero-order valence-electron chi connectivity index (χ0n) is 12.4. The number of rotatable bonds is 5. The molecule has 0 unspecified atom stereocenters. The fraction of sp³-hybridized carbons (Fsp3) is 0.400. The lowest BCUT2D eigenvalue weighted by atomic mass is 10.3. The van der Waals surface area contributed by atoms with Gasteiger partial charge in [-0.05, 0) is 37.1 Å². The van der Waals surface area contributed by atoms with E-state index in [9.17, 15) is 8.42 Å². The van der Waals surface area contributed by atoms with Gasteiger partial charge in [-0.3, -0.25) is 0 Å². The number of hydrogen-bond donors (Lipinski definition) is 1. The molecule has 0 spiro atoms. The van der Waals surface area contributed by atoms with Gasteiger partial charge in [0.2, 0.25) is 10.0 Å². The summed E-state index contributed by atoms with van der Waals surface area (Å²) in [7, 11) is -3.42. The van der Waals surface area contributed by atoms with E-state index in [1.165, 1.54) is 11.3 Å². The first-order valence-corrected chi connectivity index (χ1v) is 9.65. The van der Waals surface area contributed by atoms with Crippen LogP contribution in [0.15, 0.2) is 40.7 Å². The highest BCUT2D eigenvalue weighted by Crippen LogP contribution is 2.24. The van der Waals surface area contributed by atoms with Crippen molar-refractivity contribution in [3.8, 4) is 0 Å². The molecular formula is C15H19N3O2S2. The molecule has 0 saturated carbocycles. The molecule has 1 fully saturated rings. The molecular weight excluding hydrogens is 318 g/mol. The number of pyridine rings is 1. The van der Waals surface area contributed by atoms with Gasteiger partial charge in [-0.25, -0.2) is 18.1 Å². The minimum Gasteiger partial charge on any atom is -0.355 e. The second-order valence-electron chi connectivity index (χ2n) is 5.32. The highest BCUT2D eigenvalue weighted by Gasteiger charge is 2.28. The Morgan fingerprint density at radius 2 is 2.23 bits per heavy atom. The van der Waals surface area contributed by atoms with Crippen LogP contribution >= 0.6 is 11.3 Å². The van der Waals surface area contributed by atoms with Crippen molar-refractivity contribution in [3.05, 3.63) is 41.4 Å². The van der Waals surface area contributed by atoms with Gasteiger partial charge in [0.25, 0.3) is 0 Å². The molecule has 0 bridgehead atoms. The van der Waals surface area contributed by atoms with E-state index in [2.05, 4.69) is 14.6 Å². The van der Waals surface area contributed by atoms with Crippen molar-refractivity contribution in [3.63, 3.8) is 0 Å². The molecule has 0 aliphatic carbocycles. The Kier molecular flexibility index (Phi) is 4.46. The second kappa shape index (κ2) is 6.36. The smallest absolute Gasteiger partial charge is 0.250 e. The second-order valence-corrected chi connectivity index (χ2v) is 8.42. The van der Waals surface area contributed by atoms with Crippen LogP contribution in [-0.2, 0) is 16.4 Å². The predicted molar refractivity (Wildman–Crippen MR) is 88.9 cm³/mol. The van der Waals surface area contributed by atoms with Crippen LogP contribution in [0.25, 0.3) is 0 Å². The number of thiophene rings is 1. The maximum Gasteiger partial charge on any atom is 0.250 e. The summed E-state index contributed by atoms with van der Waals surface area (Å²) >= 11 is 1.34. The van der Waals surface area contributed by atoms with Gasteiger partial charge in [0.05, 0.1) is 0 Å². The SMILES string of the molecule is CCc1ccc(S(=O)(=O)N[C@@H]2CCN(c3ccccn3)C2)s1. The number of sulfonamides is 1. The summed E-state index contributed by atoms with van der Waals surface area (Å²) in [6.07, 6.45) is 3.41. The van der Waals surface area contributed by atoms with Gasteiger partial charge in [0.1, 0.15) is 10.0 Å². The molecule has 7 heteroatoms. The minimum absolute atomic E-state index is 0.0702. The maximum absolute atomic E-state index is 12.4. The topological polar surface area (TPSA) is 62.3 Å². The predicted octanol–water partition coefficient (Wildman–Crippen LogP) is 2.26. The van der Waals surface area contributed by atoms with Crippen LogP contribution in [-0.4, -0.2) is 32.5 Å². The van der Waals surface area contributed by atoms with E-state index in [1.807, 2.05) is 31.2 Å². The molecule has 1 aliphatic rings. The molecule has 1 atom stereocenters. The number of nitrogens with zero attached hydrogens (tertiary/aromatic N) is 2. The van der Waals surface area contributed by atoms with Crippen LogP contribution in [0.4, 0.5) is 5.82 Å². The fourth-order valence-corrected chi connectivity index (χ4v) is 5.15. The van der Waals surface area contributed by atoms with E-state index < -0.39 is 10.0 Å². The van der Waals surface area contributed by atoms with E-state index >= 15 is 0 Å². The quantitative estimate of drug-likeness (QED) is 0.909. The molecule has 1 aliphatic heterocycles. The Morgan fingerprint density at radius 1 is 1.36 bits per heavy atom. The Hall–Kier alpha value is -1.44. The Balaban J connectivity index is 1.66. The summed E-state index contributed by atoms with van der Waals surface area (Å²) in [6.45, 7) is 3.49. The van der Waals surface area contributed by atoms with Crippen LogP contribution in [0.2, 0.25) is 0 Å². The van der Waals surface area contributed by atoms with E-state index in [4.69, 9.17) is 0 Å². The average Bonchev–Trinajstić information content (AvgIpc) is 3.17. The number of hydrogen-bond acceptors (Lipinski definition) is 5. The van der Waals surface area contributed by atoms with E-state index in [0.717, 1.165) is 30.1 Å². The zero-order valence-corrected chi connectivity index (χ0v) is 14.0. The standard InChI is InChI=1S/C15H19N3O2S2/c1-2-13-6-7-15(21-13)22(19,20)17-12-8-10-18(11-12)14-5-3-4-9-16-14/h3-7,9,12,17H,2,8,10-11H2,1H3/t12-/m1/s1. The van der Waals surface area contributed by atoms with Crippen molar-refractivity contribution in [2.45, 2.75) is 30.0 Å². The van der Waals surface area contributed by atoms with Gasteiger partial charge in [0, 0.05) is 30.2 Å². The van der Waals surface area contributed by atoms with Crippen LogP contribution in [0.1, 0.15) is 18.2 Å². The molecule has 3 heterocycles. The molecule has 2 aromatic heterocycles. The van der Waals surface area contributed by atoms with Crippen molar-refractivity contribution < 1.29 is 8.42 Å². The van der Waals surface area contributed by atoms with Gasteiger partial charge in [-0.15, -0.1) is 11.3 Å². The van der Waals surface area contributed by atoms with Crippen LogP contribution in [0.5, 0.6) is 0 Å². The summed E-state index contributed by atoms with van der Waals surface area (Å²) < 4.78 is 28.1. The third-order valence-corrected chi connectivity index (χ3v) is 6.98. The summed E-state index contributed by atoms with van der Waals surface area (Å²) in [5, 5.41) is 0. The van der Waals surface area contributed by atoms with Gasteiger partial charge >= 0.3 is 0 Å². The molecule has 1 saturated heterocycles. The monoisotopic (exact) mass is 337 g/mol. The van der Waals surface area contributed by atoms with Gasteiger partial charge < -0.3 is 4.90 Å². The minimum atomic E-state index is -3.42. The van der Waals surface area contributed by atoms with Gasteiger partial charge in [-0.2, -0.15) is 0 Å². The van der Waals surface area contributed by atoms with Crippen molar-refractivity contribution in [1.82, 2.24) is 9.71 Å². The van der Waals surface area contributed by atoms with Gasteiger partial charge in [0.15, 0.2) is 0 Å². The highest BCUT2D eigenvalue weighted by molar-refractivity contribution is 7.91. The number of aryl methyl sites for hydroxylation is 1. The van der Waals surface area contributed by atoms with E-state index in [-0.39, 0.29) is 6.04 Å². The molecule has 3 rings (SSSR count). The Bertz CT molecular complexity index is 728. The normalized spacial score (nSPS) is 18.8. The first-order valence-electron chi connectivity index (χ1n) is 7.35. The largest absolute Gasteiger partial charge is 0.355 e. The van der Waals surface area contributed by atoms with Crippen LogP contribution < -0.4 is 9.62 Å². The summed E-state index contributed by atoms with van der Waals surface area (Å²) in [5.74, 6) is 0.897. The average molecular weight is 337 g/mol. The van der Waals surface area contributed by atoms with Crippen molar-refractivity contribution in [1.29, 1.82) is 0 Å². The van der Waals surface area contributed by atoms with E-state index in [0.29, 0.717) is 10.8 Å². The number of anilines is 1. The molecule has 22 heavy (non-hydrogen) atoms. The number of nitrogens with one attached hydrogen (secondary N) is 1. The first-order chi connectivity index (χ1) is 10.6. The molecule has 118 valence electrons. The molecule has 5 nitrogen and oxygen atoms in total. The third-order valence-electron chi connectivity index (χ3n) is 3.73. The van der Waals surface area contributed by atoms with Crippen molar-refractivity contribution in [2.75, 3.05) is 18.0 Å². The summed E-state index contributed by atoms with van der Waals surface area (Å²) in [4.78, 5) is 7.51. The molecule has 0 aromatic carbocycles. The van der Waals surface area contributed by atoms with Crippen LogP contribution in [0.3, 0.4) is 0 Å². The summed E-state index contributed by atoms with van der Waals surface area (Å²) in [6, 6.07) is 9.27. The van der Waals surface area contributed by atoms with E-state index in [1.54, 1.807) is 12.3 Å². The maximum atomic E-state index is 12.4. The summed E-state index contributed by atoms with van der Waals surface area (Å²) in [5.41, 5.74) is 0. The molecule has 0 amide bonds. The van der Waals surface area contributed by atoms with Crippen molar-refractivity contribution in [2.24, 2.45) is 0 Å².